The minimum atomic E-state index is 0.872. The molecule has 0 aliphatic carbocycles. The predicted octanol–water partition coefficient (Wildman–Crippen LogP) is 14.2. The smallest absolute Gasteiger partial charge is 0.137 e. The molecule has 4 heteroatoms. The highest BCUT2D eigenvalue weighted by Gasteiger charge is 2.21. The third-order valence-corrected chi connectivity index (χ3v) is 11.5. The van der Waals surface area contributed by atoms with E-state index in [1.54, 1.807) is 0 Å². The summed E-state index contributed by atoms with van der Waals surface area (Å²) in [6, 6.07) is 65.5. The SMILES string of the molecule is c1ccc(-n2c3ccccc3c3ccc(N(c4ccc(-c5ccc6c(c5)sc5ccccc56)cc4)c4cccc5oc6ccccc6c45)cc32)cc1. The van der Waals surface area contributed by atoms with Crippen molar-refractivity contribution in [1.82, 2.24) is 4.57 Å². The number of hydrogen-bond acceptors (Lipinski definition) is 3. The van der Waals surface area contributed by atoms with Crippen LogP contribution < -0.4 is 4.90 Å². The average molecular weight is 683 g/mol. The standard InChI is InChI=1S/C48H30N2OS/c1-2-11-33(12-3-1)50-41-16-7-4-13-36(41)37-28-26-35(30-43(37)50)49(42-17-10-19-45-48(42)40-15-5-8-18-44(40)51-45)34-24-21-31(22-25-34)32-23-27-39-38-14-6-9-20-46(38)52-47(39)29-32/h1-30H. The van der Waals surface area contributed by atoms with Crippen molar-refractivity contribution < 1.29 is 4.42 Å². The van der Waals surface area contributed by atoms with Gasteiger partial charge in [-0.05, 0) is 83.9 Å². The van der Waals surface area contributed by atoms with Gasteiger partial charge in [0.1, 0.15) is 11.2 Å². The van der Waals surface area contributed by atoms with Crippen LogP contribution in [0.2, 0.25) is 0 Å². The summed E-state index contributed by atoms with van der Waals surface area (Å²) in [4.78, 5) is 2.38. The van der Waals surface area contributed by atoms with Crippen molar-refractivity contribution in [3.63, 3.8) is 0 Å². The summed E-state index contributed by atoms with van der Waals surface area (Å²) in [5.74, 6) is 0. The van der Waals surface area contributed by atoms with E-state index in [0.717, 1.165) is 50.2 Å². The molecule has 0 amide bonds. The van der Waals surface area contributed by atoms with Gasteiger partial charge in [-0.1, -0.05) is 109 Å². The van der Waals surface area contributed by atoms with Gasteiger partial charge in [-0.3, -0.25) is 0 Å². The van der Waals surface area contributed by atoms with E-state index < -0.39 is 0 Å². The topological polar surface area (TPSA) is 21.3 Å². The minimum Gasteiger partial charge on any atom is -0.456 e. The first kappa shape index (κ1) is 29.1. The Labute approximate surface area is 303 Å². The molecular formula is C48H30N2OS. The van der Waals surface area contributed by atoms with Gasteiger partial charge < -0.3 is 13.9 Å². The van der Waals surface area contributed by atoms with Crippen molar-refractivity contribution >= 4 is 92.3 Å². The summed E-state index contributed by atoms with van der Waals surface area (Å²) in [6.45, 7) is 0. The summed E-state index contributed by atoms with van der Waals surface area (Å²) in [5.41, 5.74) is 10.9. The van der Waals surface area contributed by atoms with Gasteiger partial charge in [0.05, 0.1) is 22.1 Å². The van der Waals surface area contributed by atoms with Gasteiger partial charge in [-0.25, -0.2) is 0 Å². The maximum atomic E-state index is 6.41. The molecule has 244 valence electrons. The monoisotopic (exact) mass is 682 g/mol. The van der Waals surface area contributed by atoms with E-state index in [-0.39, 0.29) is 0 Å². The molecule has 0 bridgehead atoms. The van der Waals surface area contributed by atoms with Gasteiger partial charge >= 0.3 is 0 Å². The van der Waals surface area contributed by atoms with Crippen molar-refractivity contribution in [1.29, 1.82) is 0 Å². The highest BCUT2D eigenvalue weighted by Crippen LogP contribution is 2.45. The van der Waals surface area contributed by atoms with Gasteiger partial charge in [0, 0.05) is 53.4 Å². The molecule has 0 N–H and O–H groups in total. The van der Waals surface area contributed by atoms with Crippen LogP contribution >= 0.6 is 11.3 Å². The maximum Gasteiger partial charge on any atom is 0.137 e. The number of para-hydroxylation sites is 3. The van der Waals surface area contributed by atoms with E-state index >= 15 is 0 Å². The van der Waals surface area contributed by atoms with E-state index in [2.05, 4.69) is 185 Å². The van der Waals surface area contributed by atoms with Crippen LogP contribution in [0.3, 0.4) is 0 Å². The van der Waals surface area contributed by atoms with E-state index in [1.807, 2.05) is 17.4 Å². The van der Waals surface area contributed by atoms with Gasteiger partial charge in [0.25, 0.3) is 0 Å². The fourth-order valence-electron chi connectivity index (χ4n) is 8.03. The number of anilines is 3. The van der Waals surface area contributed by atoms with Crippen LogP contribution in [0.4, 0.5) is 17.1 Å². The number of nitrogens with zero attached hydrogens (tertiary/aromatic N) is 2. The van der Waals surface area contributed by atoms with Crippen molar-refractivity contribution in [2.24, 2.45) is 0 Å². The lowest BCUT2D eigenvalue weighted by atomic mass is 10.0. The third kappa shape index (κ3) is 4.45. The Morgan fingerprint density at radius 2 is 1.08 bits per heavy atom. The molecule has 3 heterocycles. The molecule has 0 aliphatic rings. The zero-order valence-electron chi connectivity index (χ0n) is 28.0. The number of aromatic nitrogens is 1. The number of rotatable bonds is 5. The van der Waals surface area contributed by atoms with Crippen LogP contribution in [0.15, 0.2) is 186 Å². The van der Waals surface area contributed by atoms with E-state index in [9.17, 15) is 0 Å². The lowest BCUT2D eigenvalue weighted by Gasteiger charge is -2.27. The molecular weight excluding hydrogens is 653 g/mol. The second kappa shape index (κ2) is 11.5. The zero-order chi connectivity index (χ0) is 34.2. The lowest BCUT2D eigenvalue weighted by Crippen LogP contribution is -2.10. The van der Waals surface area contributed by atoms with Gasteiger partial charge in [0.15, 0.2) is 0 Å². The summed E-state index contributed by atoms with van der Waals surface area (Å²) < 4.78 is 11.4. The van der Waals surface area contributed by atoms with Crippen LogP contribution in [0.25, 0.3) is 80.7 Å². The molecule has 3 aromatic heterocycles. The lowest BCUT2D eigenvalue weighted by molar-refractivity contribution is 0.669. The highest BCUT2D eigenvalue weighted by atomic mass is 32.1. The third-order valence-electron chi connectivity index (χ3n) is 10.4. The quantitative estimate of drug-likeness (QED) is 0.180. The number of hydrogen-bond donors (Lipinski definition) is 0. The fraction of sp³-hybridized carbons (Fsp3) is 0. The molecule has 0 fully saturated rings. The first-order valence-electron chi connectivity index (χ1n) is 17.6. The largest absolute Gasteiger partial charge is 0.456 e. The van der Waals surface area contributed by atoms with E-state index in [4.69, 9.17) is 4.42 Å². The number of fused-ring (bicyclic) bond motifs is 9. The van der Waals surface area contributed by atoms with Crippen molar-refractivity contribution in [3.05, 3.63) is 182 Å². The molecule has 52 heavy (non-hydrogen) atoms. The molecule has 0 saturated heterocycles. The highest BCUT2D eigenvalue weighted by molar-refractivity contribution is 7.25. The van der Waals surface area contributed by atoms with Gasteiger partial charge in [-0.15, -0.1) is 11.3 Å². The Kier molecular flexibility index (Phi) is 6.42. The molecule has 0 radical (unpaired) electrons. The first-order valence-corrected chi connectivity index (χ1v) is 18.4. The Morgan fingerprint density at radius 3 is 1.96 bits per heavy atom. The maximum absolute atomic E-state index is 6.41. The first-order chi connectivity index (χ1) is 25.8. The van der Waals surface area contributed by atoms with Crippen LogP contribution in [0.1, 0.15) is 0 Å². The Bertz CT molecular complexity index is 3130. The van der Waals surface area contributed by atoms with Crippen LogP contribution in [0, 0.1) is 0 Å². The number of benzene rings is 8. The molecule has 0 unspecified atom stereocenters. The summed E-state index contributed by atoms with van der Waals surface area (Å²) in [5, 5.41) is 7.30. The Hall–Kier alpha value is -6.62. The molecule has 0 spiro atoms. The zero-order valence-corrected chi connectivity index (χ0v) is 28.8. The van der Waals surface area contributed by atoms with E-state index in [0.29, 0.717) is 0 Å². The molecule has 0 aliphatic heterocycles. The Morgan fingerprint density at radius 1 is 0.423 bits per heavy atom. The summed E-state index contributed by atoms with van der Waals surface area (Å²) >= 11 is 1.86. The molecule has 0 atom stereocenters. The predicted molar refractivity (Wildman–Crippen MR) is 221 cm³/mol. The molecule has 3 nitrogen and oxygen atoms in total. The second-order valence-corrected chi connectivity index (χ2v) is 14.4. The normalized spacial score (nSPS) is 11.8. The van der Waals surface area contributed by atoms with Gasteiger partial charge in [0.2, 0.25) is 0 Å². The fourth-order valence-corrected chi connectivity index (χ4v) is 9.18. The molecule has 11 aromatic rings. The second-order valence-electron chi connectivity index (χ2n) is 13.3. The van der Waals surface area contributed by atoms with Gasteiger partial charge in [-0.2, -0.15) is 0 Å². The van der Waals surface area contributed by atoms with Crippen molar-refractivity contribution in [2.75, 3.05) is 4.90 Å². The molecule has 8 aromatic carbocycles. The Balaban J connectivity index is 1.12. The van der Waals surface area contributed by atoms with E-state index in [1.165, 1.54) is 47.6 Å². The molecule has 0 saturated carbocycles. The van der Waals surface area contributed by atoms with Crippen LogP contribution in [-0.2, 0) is 0 Å². The van der Waals surface area contributed by atoms with Crippen LogP contribution in [0.5, 0.6) is 0 Å². The summed E-state index contributed by atoms with van der Waals surface area (Å²) in [6.07, 6.45) is 0. The average Bonchev–Trinajstić information content (AvgIpc) is 3.88. The number of thiophene rings is 1. The van der Waals surface area contributed by atoms with Crippen molar-refractivity contribution in [2.45, 2.75) is 0 Å². The summed E-state index contributed by atoms with van der Waals surface area (Å²) in [7, 11) is 0. The van der Waals surface area contributed by atoms with Crippen molar-refractivity contribution in [3.8, 4) is 16.8 Å². The van der Waals surface area contributed by atoms with Crippen LogP contribution in [-0.4, -0.2) is 4.57 Å². The minimum absolute atomic E-state index is 0.872. The molecule has 11 rings (SSSR count). The number of furan rings is 1.